The summed E-state index contributed by atoms with van der Waals surface area (Å²) >= 11 is 0. The van der Waals surface area contributed by atoms with E-state index in [2.05, 4.69) is 16.4 Å². The third-order valence-corrected chi connectivity index (χ3v) is 3.10. The van der Waals surface area contributed by atoms with E-state index >= 15 is 0 Å². The van der Waals surface area contributed by atoms with E-state index in [9.17, 15) is 10.2 Å². The molecule has 0 aliphatic heterocycles. The third-order valence-electron chi connectivity index (χ3n) is 3.10. The largest absolute Gasteiger partial charge is 0.506 e. The summed E-state index contributed by atoms with van der Waals surface area (Å²) in [5.41, 5.74) is 2.88. The van der Waals surface area contributed by atoms with Crippen LogP contribution >= 0.6 is 0 Å². The maximum absolute atomic E-state index is 10.0. The van der Waals surface area contributed by atoms with Crippen molar-refractivity contribution in [1.82, 2.24) is 4.98 Å². The lowest BCUT2D eigenvalue weighted by Gasteiger charge is -2.13. The summed E-state index contributed by atoms with van der Waals surface area (Å²) in [6.45, 7) is 1.81. The molecule has 0 radical (unpaired) electrons. The first kappa shape index (κ1) is 13.8. The van der Waals surface area contributed by atoms with Crippen molar-refractivity contribution in [3.63, 3.8) is 0 Å². The number of aromatic nitrogens is 1. The number of anilines is 1. The molecule has 0 aliphatic rings. The minimum atomic E-state index is -0.197. The Balaban J connectivity index is 2.27. The molecule has 0 amide bonds. The van der Waals surface area contributed by atoms with Gasteiger partial charge in [0, 0.05) is 23.9 Å². The van der Waals surface area contributed by atoms with Crippen LogP contribution in [0.15, 0.2) is 30.5 Å². The molecule has 2 aromatic rings. The van der Waals surface area contributed by atoms with Crippen LogP contribution in [0.5, 0.6) is 5.75 Å². The molecule has 2 rings (SSSR count). The molecule has 0 saturated carbocycles. The highest BCUT2D eigenvalue weighted by atomic mass is 16.3. The normalized spacial score (nSPS) is 10.1. The minimum Gasteiger partial charge on any atom is -0.506 e. The molecular formula is C15H15N3O2. The molecule has 1 aromatic heterocycles. The predicted molar refractivity (Wildman–Crippen MR) is 75.0 cm³/mol. The van der Waals surface area contributed by atoms with Crippen LogP contribution in [0, 0.1) is 18.3 Å². The highest BCUT2D eigenvalue weighted by Crippen LogP contribution is 2.25. The second-order valence-electron chi connectivity index (χ2n) is 4.37. The average Bonchev–Trinajstić information content (AvgIpc) is 2.49. The second kappa shape index (κ2) is 6.04. The number of hydrogen-bond donors (Lipinski definition) is 3. The van der Waals surface area contributed by atoms with Crippen LogP contribution in [0.1, 0.15) is 22.4 Å². The molecule has 1 heterocycles. The van der Waals surface area contributed by atoms with Gasteiger partial charge in [-0.05, 0) is 19.1 Å². The number of aliphatic hydroxyl groups excluding tert-OH is 1. The Kier molecular flexibility index (Phi) is 4.18. The van der Waals surface area contributed by atoms with E-state index in [-0.39, 0.29) is 12.4 Å². The summed E-state index contributed by atoms with van der Waals surface area (Å²) in [6.07, 6.45) is 1.54. The molecular weight excluding hydrogens is 254 g/mol. The number of aromatic hydroxyl groups is 1. The zero-order valence-electron chi connectivity index (χ0n) is 11.1. The van der Waals surface area contributed by atoms with Crippen molar-refractivity contribution < 1.29 is 10.2 Å². The third kappa shape index (κ3) is 2.71. The van der Waals surface area contributed by atoms with Gasteiger partial charge in [-0.1, -0.05) is 12.1 Å². The first-order valence-corrected chi connectivity index (χ1v) is 6.17. The van der Waals surface area contributed by atoms with Crippen LogP contribution in [-0.4, -0.2) is 15.2 Å². The van der Waals surface area contributed by atoms with Crippen LogP contribution < -0.4 is 5.32 Å². The molecule has 1 aromatic carbocycles. The van der Waals surface area contributed by atoms with Gasteiger partial charge in [0.1, 0.15) is 11.8 Å². The standard InChI is InChI=1S/C15H15N3O2/c1-10-15(20)13(12(9-19)7-17-10)8-18-14-5-3-2-4-11(14)6-16/h2-5,7,18-20H,8-9H2,1H3. The van der Waals surface area contributed by atoms with Crippen molar-refractivity contribution in [1.29, 1.82) is 5.26 Å². The van der Waals surface area contributed by atoms with Gasteiger partial charge >= 0.3 is 0 Å². The molecule has 102 valence electrons. The van der Waals surface area contributed by atoms with Crippen LogP contribution in [0.4, 0.5) is 5.69 Å². The average molecular weight is 269 g/mol. The number of benzene rings is 1. The Labute approximate surface area is 117 Å². The van der Waals surface area contributed by atoms with Gasteiger partial charge in [-0.2, -0.15) is 5.26 Å². The maximum atomic E-state index is 10.0. The van der Waals surface area contributed by atoms with Gasteiger partial charge in [0.05, 0.1) is 23.6 Å². The fourth-order valence-electron chi connectivity index (χ4n) is 1.94. The SMILES string of the molecule is Cc1ncc(CO)c(CNc2ccccc2C#N)c1O. The number of aryl methyl sites for hydroxylation is 1. The van der Waals surface area contributed by atoms with E-state index in [1.165, 1.54) is 0 Å². The van der Waals surface area contributed by atoms with Crippen LogP contribution in [-0.2, 0) is 13.2 Å². The van der Waals surface area contributed by atoms with E-state index in [1.54, 1.807) is 31.3 Å². The van der Waals surface area contributed by atoms with Gasteiger partial charge in [-0.3, -0.25) is 4.98 Å². The van der Waals surface area contributed by atoms with Gasteiger partial charge in [-0.15, -0.1) is 0 Å². The molecule has 0 spiro atoms. The van der Waals surface area contributed by atoms with Crippen molar-refractivity contribution in [2.75, 3.05) is 5.32 Å². The molecule has 5 heteroatoms. The van der Waals surface area contributed by atoms with E-state index < -0.39 is 0 Å². The molecule has 3 N–H and O–H groups in total. The molecule has 0 fully saturated rings. The fourth-order valence-corrected chi connectivity index (χ4v) is 1.94. The van der Waals surface area contributed by atoms with Gasteiger partial charge in [-0.25, -0.2) is 0 Å². The number of aliphatic hydroxyl groups is 1. The molecule has 5 nitrogen and oxygen atoms in total. The number of pyridine rings is 1. The van der Waals surface area contributed by atoms with Crippen molar-refractivity contribution in [3.05, 3.63) is 52.8 Å². The quantitative estimate of drug-likeness (QED) is 0.790. The summed E-state index contributed by atoms with van der Waals surface area (Å²) in [6, 6.07) is 9.22. The summed E-state index contributed by atoms with van der Waals surface area (Å²) in [5, 5.41) is 31.5. The Bertz CT molecular complexity index is 663. The van der Waals surface area contributed by atoms with Crippen molar-refractivity contribution in [2.24, 2.45) is 0 Å². The first-order valence-electron chi connectivity index (χ1n) is 6.17. The lowest BCUT2D eigenvalue weighted by Crippen LogP contribution is -2.06. The molecule has 0 aliphatic carbocycles. The van der Waals surface area contributed by atoms with E-state index in [4.69, 9.17) is 5.26 Å². The van der Waals surface area contributed by atoms with Crippen LogP contribution in [0.2, 0.25) is 0 Å². The maximum Gasteiger partial charge on any atom is 0.142 e. The lowest BCUT2D eigenvalue weighted by molar-refractivity contribution is 0.279. The summed E-state index contributed by atoms with van der Waals surface area (Å²) < 4.78 is 0. The predicted octanol–water partition coefficient (Wildman–Crippen LogP) is 2.07. The number of rotatable bonds is 4. The van der Waals surface area contributed by atoms with Crippen LogP contribution in [0.25, 0.3) is 0 Å². The Morgan fingerprint density at radius 1 is 1.35 bits per heavy atom. The Morgan fingerprint density at radius 2 is 2.10 bits per heavy atom. The van der Waals surface area contributed by atoms with Crippen LogP contribution in [0.3, 0.4) is 0 Å². The summed E-state index contributed by atoms with van der Waals surface area (Å²) in [7, 11) is 0. The first-order chi connectivity index (χ1) is 9.67. The van der Waals surface area contributed by atoms with Gasteiger partial charge in [0.2, 0.25) is 0 Å². The molecule has 0 unspecified atom stereocenters. The highest BCUT2D eigenvalue weighted by Gasteiger charge is 2.11. The van der Waals surface area contributed by atoms with E-state index in [0.29, 0.717) is 34.6 Å². The molecule has 20 heavy (non-hydrogen) atoms. The van der Waals surface area contributed by atoms with Crippen molar-refractivity contribution in [2.45, 2.75) is 20.1 Å². The summed E-state index contributed by atoms with van der Waals surface area (Å²) in [4.78, 5) is 4.01. The van der Waals surface area contributed by atoms with Gasteiger partial charge in [0.25, 0.3) is 0 Å². The Hall–Kier alpha value is -2.58. The molecule has 0 saturated heterocycles. The smallest absolute Gasteiger partial charge is 0.142 e. The number of para-hydroxylation sites is 1. The second-order valence-corrected chi connectivity index (χ2v) is 4.37. The van der Waals surface area contributed by atoms with Crippen molar-refractivity contribution in [3.8, 4) is 11.8 Å². The Morgan fingerprint density at radius 3 is 2.80 bits per heavy atom. The van der Waals surface area contributed by atoms with E-state index in [0.717, 1.165) is 0 Å². The lowest BCUT2D eigenvalue weighted by atomic mass is 10.1. The van der Waals surface area contributed by atoms with E-state index in [1.807, 2.05) is 6.07 Å². The number of nitrogens with zero attached hydrogens (tertiary/aromatic N) is 2. The number of nitriles is 1. The summed E-state index contributed by atoms with van der Waals surface area (Å²) in [5.74, 6) is 0.0680. The van der Waals surface area contributed by atoms with Gasteiger partial charge in [0.15, 0.2) is 0 Å². The highest BCUT2D eigenvalue weighted by molar-refractivity contribution is 5.58. The minimum absolute atomic E-state index is 0.0680. The fraction of sp³-hybridized carbons (Fsp3) is 0.200. The topological polar surface area (TPSA) is 89.2 Å². The monoisotopic (exact) mass is 269 g/mol. The zero-order valence-corrected chi connectivity index (χ0v) is 11.1. The number of nitrogens with one attached hydrogen (secondary N) is 1. The van der Waals surface area contributed by atoms with Gasteiger partial charge < -0.3 is 15.5 Å². The molecule has 0 bridgehead atoms. The zero-order chi connectivity index (χ0) is 14.5. The van der Waals surface area contributed by atoms with Crippen molar-refractivity contribution >= 4 is 5.69 Å². The number of hydrogen-bond acceptors (Lipinski definition) is 5. The molecule has 0 atom stereocenters.